The fraction of sp³-hybridized carbons (Fsp3) is 0.355. The van der Waals surface area contributed by atoms with Crippen molar-refractivity contribution in [2.24, 2.45) is 0 Å². The molecule has 9 heteroatoms. The van der Waals surface area contributed by atoms with Crippen LogP contribution in [-0.2, 0) is 22.6 Å². The number of aromatic nitrogens is 3. The molecule has 0 radical (unpaired) electrons. The van der Waals surface area contributed by atoms with E-state index in [0.717, 1.165) is 16.6 Å². The topological polar surface area (TPSA) is 98.6 Å². The van der Waals surface area contributed by atoms with Crippen LogP contribution >= 0.6 is 0 Å². The second-order valence-electron chi connectivity index (χ2n) is 10.8. The van der Waals surface area contributed by atoms with Gasteiger partial charge >= 0.3 is 0 Å². The van der Waals surface area contributed by atoms with Gasteiger partial charge in [0.1, 0.15) is 18.1 Å². The highest BCUT2D eigenvalue weighted by Crippen LogP contribution is 2.33. The van der Waals surface area contributed by atoms with Gasteiger partial charge < -0.3 is 19.7 Å². The van der Waals surface area contributed by atoms with Gasteiger partial charge in [0.2, 0.25) is 11.8 Å². The van der Waals surface area contributed by atoms with Crippen molar-refractivity contribution in [1.29, 1.82) is 0 Å². The standard InChI is InChI=1S/C31H37N5O4/c1-21-11-7-8-12-22(21)17-18-35(28(37)20-36-25-14-10-9-13-24(25)33-34-36)29(30(38)32-31(2,3)4)23-15-16-26(39-5)27(19-23)40-6/h7-16,19,29H,17-18,20H2,1-6H3,(H,32,38)/t29-/m1/s1. The molecule has 1 atom stereocenters. The molecule has 0 saturated heterocycles. The number of aryl methyl sites for hydroxylation is 1. The van der Waals surface area contributed by atoms with Crippen molar-refractivity contribution in [3.8, 4) is 11.5 Å². The molecule has 210 valence electrons. The summed E-state index contributed by atoms with van der Waals surface area (Å²) < 4.78 is 12.5. The average Bonchev–Trinajstić information content (AvgIpc) is 3.33. The van der Waals surface area contributed by atoms with E-state index in [1.807, 2.05) is 76.2 Å². The zero-order valence-corrected chi connectivity index (χ0v) is 24.0. The monoisotopic (exact) mass is 543 g/mol. The molecule has 0 aliphatic rings. The van der Waals surface area contributed by atoms with Crippen LogP contribution in [0.3, 0.4) is 0 Å². The number of carbonyl (C=O) groups is 2. The van der Waals surface area contributed by atoms with Crippen LogP contribution in [0, 0.1) is 6.92 Å². The fourth-order valence-corrected chi connectivity index (χ4v) is 4.72. The highest BCUT2D eigenvalue weighted by atomic mass is 16.5. The first kappa shape index (κ1) is 28.6. The summed E-state index contributed by atoms with van der Waals surface area (Å²) in [7, 11) is 3.10. The number of hydrogen-bond donors (Lipinski definition) is 1. The number of rotatable bonds is 10. The van der Waals surface area contributed by atoms with Crippen LogP contribution in [0.2, 0.25) is 0 Å². The fourth-order valence-electron chi connectivity index (χ4n) is 4.72. The molecule has 40 heavy (non-hydrogen) atoms. The lowest BCUT2D eigenvalue weighted by atomic mass is 9.99. The highest BCUT2D eigenvalue weighted by Gasteiger charge is 2.34. The maximum atomic E-state index is 14.1. The molecule has 2 amide bonds. The lowest BCUT2D eigenvalue weighted by Crippen LogP contribution is -2.50. The van der Waals surface area contributed by atoms with Crippen LogP contribution in [0.4, 0.5) is 0 Å². The van der Waals surface area contributed by atoms with Gasteiger partial charge in [-0.2, -0.15) is 0 Å². The van der Waals surface area contributed by atoms with Crippen molar-refractivity contribution in [2.75, 3.05) is 20.8 Å². The Hall–Kier alpha value is -4.40. The van der Waals surface area contributed by atoms with Crippen LogP contribution in [-0.4, -0.2) is 58.0 Å². The van der Waals surface area contributed by atoms with E-state index >= 15 is 0 Å². The number of nitrogens with one attached hydrogen (secondary N) is 1. The molecule has 1 heterocycles. The van der Waals surface area contributed by atoms with Gasteiger partial charge in [-0.3, -0.25) is 9.59 Å². The minimum atomic E-state index is -0.926. The van der Waals surface area contributed by atoms with Gasteiger partial charge in [-0.25, -0.2) is 4.68 Å². The number of methoxy groups -OCH3 is 2. The van der Waals surface area contributed by atoms with Gasteiger partial charge in [-0.05, 0) is 75.1 Å². The Bertz CT molecular complexity index is 1490. The number of benzene rings is 3. The molecule has 0 bridgehead atoms. The van der Waals surface area contributed by atoms with Crippen LogP contribution in [0.25, 0.3) is 11.0 Å². The van der Waals surface area contributed by atoms with Gasteiger partial charge in [-0.15, -0.1) is 5.10 Å². The zero-order chi connectivity index (χ0) is 28.9. The average molecular weight is 544 g/mol. The van der Waals surface area contributed by atoms with Gasteiger partial charge in [0.15, 0.2) is 11.5 Å². The van der Waals surface area contributed by atoms with Crippen molar-refractivity contribution < 1.29 is 19.1 Å². The summed E-state index contributed by atoms with van der Waals surface area (Å²) in [5.41, 5.74) is 3.77. The van der Waals surface area contributed by atoms with Crippen molar-refractivity contribution >= 4 is 22.8 Å². The largest absolute Gasteiger partial charge is 0.493 e. The number of ether oxygens (including phenoxy) is 2. The van der Waals surface area contributed by atoms with Crippen LogP contribution in [0.1, 0.15) is 43.5 Å². The van der Waals surface area contributed by atoms with Crippen molar-refractivity contribution in [1.82, 2.24) is 25.2 Å². The summed E-state index contributed by atoms with van der Waals surface area (Å²) in [6, 6.07) is 19.9. The van der Waals surface area contributed by atoms with Crippen LogP contribution in [0.5, 0.6) is 11.5 Å². The molecule has 0 unspecified atom stereocenters. The first-order valence-electron chi connectivity index (χ1n) is 13.3. The van der Waals surface area contributed by atoms with Crippen LogP contribution in [0.15, 0.2) is 66.7 Å². The van der Waals surface area contributed by atoms with E-state index in [1.165, 1.54) is 0 Å². The number of fused-ring (bicyclic) bond motifs is 1. The summed E-state index contributed by atoms with van der Waals surface area (Å²) in [6.45, 7) is 8.03. The maximum Gasteiger partial charge on any atom is 0.247 e. The van der Waals surface area contributed by atoms with Gasteiger partial charge in [0.05, 0.1) is 19.7 Å². The predicted molar refractivity (Wildman–Crippen MR) is 154 cm³/mol. The van der Waals surface area contributed by atoms with E-state index in [2.05, 4.69) is 15.6 Å². The summed E-state index contributed by atoms with van der Waals surface area (Å²) in [6.07, 6.45) is 0.573. The molecule has 4 rings (SSSR count). The third kappa shape index (κ3) is 6.59. The van der Waals surface area contributed by atoms with Gasteiger partial charge in [0, 0.05) is 12.1 Å². The molecule has 9 nitrogen and oxygen atoms in total. The second kappa shape index (κ2) is 12.2. The van der Waals surface area contributed by atoms with E-state index in [9.17, 15) is 9.59 Å². The normalized spacial score (nSPS) is 12.2. The number of amides is 2. The first-order valence-corrected chi connectivity index (χ1v) is 13.3. The minimum Gasteiger partial charge on any atom is -0.493 e. The Labute approximate surface area is 235 Å². The Morgan fingerprint density at radius 1 is 0.975 bits per heavy atom. The summed E-state index contributed by atoms with van der Waals surface area (Å²) in [5.74, 6) is 0.463. The number of nitrogens with zero attached hydrogens (tertiary/aromatic N) is 4. The van der Waals surface area contributed by atoms with Gasteiger partial charge in [-0.1, -0.05) is 47.7 Å². The van der Waals surface area contributed by atoms with Crippen molar-refractivity contribution in [2.45, 2.75) is 52.2 Å². The van der Waals surface area contributed by atoms with E-state index < -0.39 is 11.6 Å². The molecule has 0 aliphatic carbocycles. The maximum absolute atomic E-state index is 14.1. The molecule has 1 aromatic heterocycles. The third-order valence-corrected chi connectivity index (χ3v) is 6.69. The second-order valence-corrected chi connectivity index (χ2v) is 10.8. The molecule has 1 N–H and O–H groups in total. The summed E-state index contributed by atoms with van der Waals surface area (Å²) in [5, 5.41) is 11.5. The van der Waals surface area contributed by atoms with Crippen molar-refractivity contribution in [3.63, 3.8) is 0 Å². The number of para-hydroxylation sites is 1. The lowest BCUT2D eigenvalue weighted by molar-refractivity contribution is -0.142. The summed E-state index contributed by atoms with van der Waals surface area (Å²) >= 11 is 0. The SMILES string of the molecule is COc1ccc([C@H](C(=O)NC(C)(C)C)N(CCc2ccccc2C)C(=O)Cn2nnc3ccccc32)cc1OC. The molecule has 0 fully saturated rings. The Morgan fingerprint density at radius 2 is 1.68 bits per heavy atom. The number of carbonyl (C=O) groups excluding carboxylic acids is 2. The van der Waals surface area contributed by atoms with E-state index in [-0.39, 0.29) is 18.4 Å². The molecule has 4 aromatic rings. The Balaban J connectivity index is 1.78. The third-order valence-electron chi connectivity index (χ3n) is 6.69. The van der Waals surface area contributed by atoms with E-state index in [1.54, 1.807) is 42.0 Å². The molecule has 0 spiro atoms. The van der Waals surface area contributed by atoms with Crippen LogP contribution < -0.4 is 14.8 Å². The Morgan fingerprint density at radius 3 is 2.38 bits per heavy atom. The van der Waals surface area contributed by atoms with Gasteiger partial charge in [0.25, 0.3) is 0 Å². The van der Waals surface area contributed by atoms with E-state index in [0.29, 0.717) is 35.5 Å². The first-order chi connectivity index (χ1) is 19.1. The summed E-state index contributed by atoms with van der Waals surface area (Å²) in [4.78, 5) is 29.7. The Kier molecular flexibility index (Phi) is 8.72. The molecule has 0 saturated carbocycles. The molecular weight excluding hydrogens is 506 g/mol. The van der Waals surface area contributed by atoms with E-state index in [4.69, 9.17) is 9.47 Å². The molecule has 0 aliphatic heterocycles. The number of hydrogen-bond acceptors (Lipinski definition) is 6. The van der Waals surface area contributed by atoms with Crippen molar-refractivity contribution in [3.05, 3.63) is 83.4 Å². The molecule has 3 aromatic carbocycles. The quantitative estimate of drug-likeness (QED) is 0.317. The minimum absolute atomic E-state index is 0.0686. The lowest BCUT2D eigenvalue weighted by Gasteiger charge is -2.34. The molecular formula is C31H37N5O4. The highest BCUT2D eigenvalue weighted by molar-refractivity contribution is 5.89. The smallest absolute Gasteiger partial charge is 0.247 e. The zero-order valence-electron chi connectivity index (χ0n) is 24.0. The predicted octanol–water partition coefficient (Wildman–Crippen LogP) is 4.48.